The second-order valence-electron chi connectivity index (χ2n) is 7.59. The Kier molecular flexibility index (Phi) is 5.56. The van der Waals surface area contributed by atoms with Crippen molar-refractivity contribution in [1.29, 1.82) is 0 Å². The van der Waals surface area contributed by atoms with Crippen LogP contribution in [0.25, 0.3) is 0 Å². The molecule has 2 saturated heterocycles. The highest BCUT2D eigenvalue weighted by Crippen LogP contribution is 2.34. The zero-order valence-electron chi connectivity index (χ0n) is 14.8. The number of nitrogens with zero attached hydrogens (tertiary/aromatic N) is 1. The van der Waals surface area contributed by atoms with Crippen molar-refractivity contribution in [2.24, 2.45) is 11.3 Å². The van der Waals surface area contributed by atoms with E-state index in [0.29, 0.717) is 18.3 Å². The maximum atomic E-state index is 12.9. The molecule has 6 nitrogen and oxygen atoms in total. The molecule has 0 bridgehead atoms. The second kappa shape index (κ2) is 7.66. The van der Waals surface area contributed by atoms with Crippen molar-refractivity contribution in [3.05, 3.63) is 17.5 Å². The molecule has 2 aliphatic heterocycles. The van der Waals surface area contributed by atoms with Crippen molar-refractivity contribution in [3.8, 4) is 0 Å². The molecule has 6 heteroatoms. The van der Waals surface area contributed by atoms with Crippen LogP contribution in [0, 0.1) is 11.3 Å². The van der Waals surface area contributed by atoms with Gasteiger partial charge >= 0.3 is 0 Å². The lowest BCUT2D eigenvalue weighted by Crippen LogP contribution is -2.49. The second-order valence-corrected chi connectivity index (χ2v) is 7.59. The van der Waals surface area contributed by atoms with Crippen LogP contribution >= 0.6 is 0 Å². The average Bonchev–Trinajstić information content (AvgIpc) is 3.24. The summed E-state index contributed by atoms with van der Waals surface area (Å²) in [6, 6.07) is 2.03. The molecule has 0 radical (unpaired) electrons. The van der Waals surface area contributed by atoms with Crippen molar-refractivity contribution in [1.82, 2.24) is 15.8 Å². The van der Waals surface area contributed by atoms with Crippen LogP contribution in [0.1, 0.15) is 50.5 Å². The predicted molar refractivity (Wildman–Crippen MR) is 90.8 cm³/mol. The fourth-order valence-corrected chi connectivity index (χ4v) is 3.58. The molecule has 3 heterocycles. The first-order valence-electron chi connectivity index (χ1n) is 9.11. The van der Waals surface area contributed by atoms with Crippen LogP contribution in [0.2, 0.25) is 0 Å². The van der Waals surface area contributed by atoms with Crippen LogP contribution in [0.4, 0.5) is 0 Å². The number of carbonyl (C=O) groups excluding carboxylic acids is 1. The molecule has 0 aromatic carbocycles. The van der Waals surface area contributed by atoms with Gasteiger partial charge in [-0.1, -0.05) is 19.0 Å². The lowest BCUT2D eigenvalue weighted by Gasteiger charge is -2.35. The van der Waals surface area contributed by atoms with E-state index in [1.807, 2.05) is 6.07 Å². The fraction of sp³-hybridized carbons (Fsp3) is 0.778. The molecule has 1 atom stereocenters. The minimum atomic E-state index is -0.386. The quantitative estimate of drug-likeness (QED) is 0.830. The third-order valence-corrected chi connectivity index (χ3v) is 5.15. The third-order valence-electron chi connectivity index (χ3n) is 5.15. The summed E-state index contributed by atoms with van der Waals surface area (Å²) in [5.74, 6) is 1.76. The Morgan fingerprint density at radius 2 is 2.25 bits per heavy atom. The van der Waals surface area contributed by atoms with Gasteiger partial charge in [0, 0.05) is 31.6 Å². The van der Waals surface area contributed by atoms with Crippen molar-refractivity contribution < 1.29 is 14.1 Å². The number of ether oxygens (including phenoxy) is 1. The molecule has 2 N–H and O–H groups in total. The van der Waals surface area contributed by atoms with E-state index in [9.17, 15) is 4.79 Å². The van der Waals surface area contributed by atoms with Crippen LogP contribution in [-0.4, -0.2) is 43.9 Å². The van der Waals surface area contributed by atoms with Crippen molar-refractivity contribution >= 4 is 5.91 Å². The molecule has 2 aliphatic rings. The molecular weight excluding hydrogens is 306 g/mol. The van der Waals surface area contributed by atoms with Crippen LogP contribution in [0.3, 0.4) is 0 Å². The van der Waals surface area contributed by atoms with E-state index in [0.717, 1.165) is 63.6 Å². The highest BCUT2D eigenvalue weighted by Gasteiger charge is 2.40. The summed E-state index contributed by atoms with van der Waals surface area (Å²) in [6.07, 6.45) is 3.29. The molecule has 1 aromatic rings. The number of hydrogen-bond donors (Lipinski definition) is 2. The topological polar surface area (TPSA) is 76.4 Å². The average molecular weight is 335 g/mol. The molecule has 1 aromatic heterocycles. The lowest BCUT2D eigenvalue weighted by molar-refractivity contribution is -0.133. The van der Waals surface area contributed by atoms with Crippen LogP contribution in [-0.2, 0) is 16.0 Å². The van der Waals surface area contributed by atoms with Gasteiger partial charge in [0.05, 0.1) is 17.7 Å². The van der Waals surface area contributed by atoms with Gasteiger partial charge in [0.15, 0.2) is 0 Å². The maximum absolute atomic E-state index is 12.9. The normalized spacial score (nSPS) is 23.5. The highest BCUT2D eigenvalue weighted by molar-refractivity contribution is 5.83. The number of piperidine rings is 1. The number of aromatic nitrogens is 1. The van der Waals surface area contributed by atoms with E-state index in [2.05, 4.69) is 29.6 Å². The Labute approximate surface area is 143 Å². The smallest absolute Gasteiger partial charge is 0.226 e. The fourth-order valence-electron chi connectivity index (χ4n) is 3.58. The summed E-state index contributed by atoms with van der Waals surface area (Å²) in [6.45, 7) is 8.19. The van der Waals surface area contributed by atoms with Crippen LogP contribution in [0.15, 0.2) is 10.6 Å². The maximum Gasteiger partial charge on any atom is 0.226 e. The van der Waals surface area contributed by atoms with E-state index in [1.165, 1.54) is 0 Å². The first kappa shape index (κ1) is 17.4. The summed E-state index contributed by atoms with van der Waals surface area (Å²) >= 11 is 0. The van der Waals surface area contributed by atoms with Gasteiger partial charge in [-0.05, 0) is 38.3 Å². The largest absolute Gasteiger partial charge is 0.381 e. The SMILES string of the molecule is CC(C)CNC(=O)C1(Cc2cc([C@@H]3CCOC3)no2)CCNCC1. The molecule has 0 spiro atoms. The highest BCUT2D eigenvalue weighted by atomic mass is 16.5. The van der Waals surface area contributed by atoms with Gasteiger partial charge in [-0.25, -0.2) is 0 Å². The van der Waals surface area contributed by atoms with Gasteiger partial charge in [-0.3, -0.25) is 4.79 Å². The van der Waals surface area contributed by atoms with Gasteiger partial charge in [0.2, 0.25) is 5.91 Å². The summed E-state index contributed by atoms with van der Waals surface area (Å²) in [5.41, 5.74) is 0.581. The van der Waals surface area contributed by atoms with Crippen molar-refractivity contribution in [2.45, 2.75) is 45.4 Å². The van der Waals surface area contributed by atoms with Crippen LogP contribution in [0.5, 0.6) is 0 Å². The number of nitrogens with one attached hydrogen (secondary N) is 2. The van der Waals surface area contributed by atoms with Gasteiger partial charge in [0.1, 0.15) is 5.76 Å². The number of carbonyl (C=O) groups is 1. The monoisotopic (exact) mass is 335 g/mol. The van der Waals surface area contributed by atoms with Gasteiger partial charge in [-0.2, -0.15) is 0 Å². The van der Waals surface area contributed by atoms with Gasteiger partial charge in [-0.15, -0.1) is 0 Å². The summed E-state index contributed by atoms with van der Waals surface area (Å²) in [4.78, 5) is 12.9. The third kappa shape index (κ3) is 3.98. The molecule has 24 heavy (non-hydrogen) atoms. The molecule has 0 aliphatic carbocycles. The Bertz CT molecular complexity index is 543. The molecular formula is C18H29N3O3. The summed E-state index contributed by atoms with van der Waals surface area (Å²) in [5, 5.41) is 10.7. The zero-order chi connectivity index (χ0) is 17.0. The Morgan fingerprint density at radius 3 is 2.92 bits per heavy atom. The molecule has 1 amide bonds. The summed E-state index contributed by atoms with van der Waals surface area (Å²) in [7, 11) is 0. The number of rotatable bonds is 6. The zero-order valence-corrected chi connectivity index (χ0v) is 14.8. The van der Waals surface area contributed by atoms with Crippen molar-refractivity contribution in [3.63, 3.8) is 0 Å². The Balaban J connectivity index is 1.70. The Hall–Kier alpha value is -1.40. The summed E-state index contributed by atoms with van der Waals surface area (Å²) < 4.78 is 11.0. The molecule has 2 fully saturated rings. The predicted octanol–water partition coefficient (Wildman–Crippen LogP) is 1.86. The van der Waals surface area contributed by atoms with Crippen molar-refractivity contribution in [2.75, 3.05) is 32.8 Å². The molecule has 3 rings (SSSR count). The van der Waals surface area contributed by atoms with E-state index >= 15 is 0 Å². The minimum Gasteiger partial charge on any atom is -0.381 e. The van der Waals surface area contributed by atoms with E-state index in [4.69, 9.17) is 9.26 Å². The molecule has 134 valence electrons. The Morgan fingerprint density at radius 1 is 1.46 bits per heavy atom. The minimum absolute atomic E-state index is 0.153. The first-order valence-corrected chi connectivity index (χ1v) is 9.11. The molecule has 0 saturated carbocycles. The number of hydrogen-bond acceptors (Lipinski definition) is 5. The van der Waals surface area contributed by atoms with E-state index < -0.39 is 0 Å². The van der Waals surface area contributed by atoms with Gasteiger partial charge in [0.25, 0.3) is 0 Å². The van der Waals surface area contributed by atoms with E-state index in [1.54, 1.807) is 0 Å². The standard InChI is InChI=1S/C18H29N3O3/c1-13(2)11-20-17(22)18(4-6-19-7-5-18)10-15-9-16(21-24-15)14-3-8-23-12-14/h9,13-14,19H,3-8,10-12H2,1-2H3,(H,20,22)/t14-/m1/s1. The lowest BCUT2D eigenvalue weighted by atomic mass is 9.74. The first-order chi connectivity index (χ1) is 11.6. The van der Waals surface area contributed by atoms with Gasteiger partial charge < -0.3 is 19.9 Å². The molecule has 0 unspecified atom stereocenters. The van der Waals surface area contributed by atoms with Crippen LogP contribution < -0.4 is 10.6 Å². The number of amides is 1. The van der Waals surface area contributed by atoms with E-state index in [-0.39, 0.29) is 11.3 Å².